The maximum absolute atomic E-state index is 12.2. The van der Waals surface area contributed by atoms with E-state index in [9.17, 15) is 9.59 Å². The van der Waals surface area contributed by atoms with Gasteiger partial charge in [0.25, 0.3) is 5.91 Å². The van der Waals surface area contributed by atoms with Crippen molar-refractivity contribution in [3.05, 3.63) is 27.2 Å². The molecule has 2 amide bonds. The molecule has 0 aliphatic heterocycles. The molecule has 0 radical (unpaired) electrons. The Labute approximate surface area is 150 Å². The normalized spacial score (nSPS) is 10.6. The van der Waals surface area contributed by atoms with Crippen molar-refractivity contribution in [3.63, 3.8) is 0 Å². The second-order valence-corrected chi connectivity index (χ2v) is 6.34. The van der Waals surface area contributed by atoms with Crippen LogP contribution in [0.4, 0.5) is 0 Å². The van der Waals surface area contributed by atoms with Gasteiger partial charge in [0.1, 0.15) is 5.75 Å². The van der Waals surface area contributed by atoms with Gasteiger partial charge in [0, 0.05) is 18.7 Å². The predicted octanol–water partition coefficient (Wildman–Crippen LogP) is 3.40. The van der Waals surface area contributed by atoms with Crippen molar-refractivity contribution in [3.8, 4) is 5.75 Å². The van der Waals surface area contributed by atoms with Crippen molar-refractivity contribution in [1.29, 1.82) is 0 Å². The van der Waals surface area contributed by atoms with Crippen LogP contribution in [-0.4, -0.2) is 42.5 Å². The van der Waals surface area contributed by atoms with Gasteiger partial charge in [-0.3, -0.25) is 9.59 Å². The fourth-order valence-corrected chi connectivity index (χ4v) is 2.35. The number of amides is 2. The maximum Gasteiger partial charge on any atom is 0.260 e. The van der Waals surface area contributed by atoms with Gasteiger partial charge < -0.3 is 15.0 Å². The summed E-state index contributed by atoms with van der Waals surface area (Å²) in [4.78, 5) is 25.3. The second kappa shape index (κ2) is 9.21. The van der Waals surface area contributed by atoms with Crippen LogP contribution in [0, 0.1) is 0 Å². The second-order valence-electron chi connectivity index (χ2n) is 5.12. The van der Waals surface area contributed by atoms with Gasteiger partial charge in [-0.25, -0.2) is 0 Å². The SMILES string of the molecule is CCN(CC(=O)NC(C)C)C(=O)COc1cc(Cl)c(Cl)cc1Cl. The average molecular weight is 382 g/mol. The number of benzene rings is 1. The van der Waals surface area contributed by atoms with Gasteiger partial charge in [-0.2, -0.15) is 0 Å². The highest BCUT2D eigenvalue weighted by molar-refractivity contribution is 6.43. The molecule has 0 heterocycles. The summed E-state index contributed by atoms with van der Waals surface area (Å²) in [7, 11) is 0. The first kappa shape index (κ1) is 19.9. The lowest BCUT2D eigenvalue weighted by molar-refractivity contribution is -0.137. The highest BCUT2D eigenvalue weighted by Crippen LogP contribution is 2.33. The summed E-state index contributed by atoms with van der Waals surface area (Å²) in [5, 5.41) is 3.57. The summed E-state index contributed by atoms with van der Waals surface area (Å²) >= 11 is 17.7. The molecule has 0 saturated carbocycles. The number of carbonyl (C=O) groups is 2. The quantitative estimate of drug-likeness (QED) is 0.736. The number of nitrogens with zero attached hydrogens (tertiary/aromatic N) is 1. The van der Waals surface area contributed by atoms with Gasteiger partial charge >= 0.3 is 0 Å². The molecule has 0 bridgehead atoms. The minimum atomic E-state index is -0.325. The Hall–Kier alpha value is -1.17. The number of carbonyl (C=O) groups excluding carboxylic acids is 2. The zero-order chi connectivity index (χ0) is 17.6. The molecule has 128 valence electrons. The van der Waals surface area contributed by atoms with Gasteiger partial charge in [-0.05, 0) is 26.8 Å². The van der Waals surface area contributed by atoms with Gasteiger partial charge in [0.2, 0.25) is 5.91 Å². The minimum Gasteiger partial charge on any atom is -0.482 e. The van der Waals surface area contributed by atoms with E-state index in [-0.39, 0.29) is 46.8 Å². The molecule has 0 saturated heterocycles. The summed E-state index contributed by atoms with van der Waals surface area (Å²) in [6.07, 6.45) is 0. The van der Waals surface area contributed by atoms with Crippen molar-refractivity contribution >= 4 is 46.6 Å². The number of hydrogen-bond acceptors (Lipinski definition) is 3. The lowest BCUT2D eigenvalue weighted by Crippen LogP contribution is -2.44. The van der Waals surface area contributed by atoms with Crippen LogP contribution in [0.3, 0.4) is 0 Å². The minimum absolute atomic E-state index is 0.0163. The summed E-state index contributed by atoms with van der Waals surface area (Å²) in [5.41, 5.74) is 0. The van der Waals surface area contributed by atoms with E-state index >= 15 is 0 Å². The number of ether oxygens (including phenoxy) is 1. The molecule has 0 aliphatic carbocycles. The van der Waals surface area contributed by atoms with Gasteiger partial charge in [0.15, 0.2) is 6.61 Å². The van der Waals surface area contributed by atoms with Crippen LogP contribution < -0.4 is 10.1 Å². The maximum atomic E-state index is 12.2. The van der Waals surface area contributed by atoms with Crippen molar-refractivity contribution in [1.82, 2.24) is 10.2 Å². The number of hydrogen-bond donors (Lipinski definition) is 1. The molecule has 0 atom stereocenters. The molecule has 1 aromatic carbocycles. The average Bonchev–Trinajstić information content (AvgIpc) is 2.46. The number of nitrogens with one attached hydrogen (secondary N) is 1. The Morgan fingerprint density at radius 3 is 2.35 bits per heavy atom. The highest BCUT2D eigenvalue weighted by Gasteiger charge is 2.17. The third kappa shape index (κ3) is 6.45. The molecular weight excluding hydrogens is 363 g/mol. The first-order chi connectivity index (χ1) is 10.7. The van der Waals surface area contributed by atoms with Gasteiger partial charge in [-0.1, -0.05) is 34.8 Å². The predicted molar refractivity (Wildman–Crippen MR) is 92.5 cm³/mol. The van der Waals surface area contributed by atoms with Crippen LogP contribution in [0.2, 0.25) is 15.1 Å². The van der Waals surface area contributed by atoms with E-state index in [0.717, 1.165) is 0 Å². The summed E-state index contributed by atoms with van der Waals surface area (Å²) in [6.45, 7) is 5.61. The zero-order valence-corrected chi connectivity index (χ0v) is 15.4. The third-order valence-electron chi connectivity index (χ3n) is 2.84. The summed E-state index contributed by atoms with van der Waals surface area (Å²) in [5.74, 6) is -0.284. The van der Waals surface area contributed by atoms with E-state index < -0.39 is 0 Å². The van der Waals surface area contributed by atoms with Crippen LogP contribution in [0.15, 0.2) is 12.1 Å². The van der Waals surface area contributed by atoms with Gasteiger partial charge in [0.05, 0.1) is 21.6 Å². The fraction of sp³-hybridized carbons (Fsp3) is 0.467. The van der Waals surface area contributed by atoms with E-state index in [0.29, 0.717) is 11.6 Å². The molecule has 0 spiro atoms. The molecule has 1 rings (SSSR count). The Kier molecular flexibility index (Phi) is 7.95. The molecule has 0 unspecified atom stereocenters. The molecule has 1 N–H and O–H groups in total. The van der Waals surface area contributed by atoms with Crippen LogP contribution in [-0.2, 0) is 9.59 Å². The topological polar surface area (TPSA) is 58.6 Å². The van der Waals surface area contributed by atoms with Crippen LogP contribution in [0.5, 0.6) is 5.75 Å². The number of halogens is 3. The first-order valence-electron chi connectivity index (χ1n) is 7.09. The van der Waals surface area contributed by atoms with Crippen LogP contribution >= 0.6 is 34.8 Å². The molecule has 23 heavy (non-hydrogen) atoms. The number of rotatable bonds is 7. The Morgan fingerprint density at radius 2 is 1.78 bits per heavy atom. The largest absolute Gasteiger partial charge is 0.482 e. The lowest BCUT2D eigenvalue weighted by Gasteiger charge is -2.21. The van der Waals surface area contributed by atoms with E-state index in [2.05, 4.69) is 5.32 Å². The molecule has 1 aromatic rings. The van der Waals surface area contributed by atoms with Crippen molar-refractivity contribution in [2.75, 3.05) is 19.7 Å². The first-order valence-corrected chi connectivity index (χ1v) is 8.22. The third-order valence-corrected chi connectivity index (χ3v) is 3.86. The van der Waals surface area contributed by atoms with E-state index in [1.165, 1.54) is 17.0 Å². The van der Waals surface area contributed by atoms with Crippen molar-refractivity contribution in [2.24, 2.45) is 0 Å². The van der Waals surface area contributed by atoms with Crippen molar-refractivity contribution < 1.29 is 14.3 Å². The van der Waals surface area contributed by atoms with Crippen molar-refractivity contribution in [2.45, 2.75) is 26.8 Å². The van der Waals surface area contributed by atoms with E-state index in [1.807, 2.05) is 13.8 Å². The summed E-state index contributed by atoms with van der Waals surface area (Å²) in [6, 6.07) is 2.91. The molecule has 0 aliphatic rings. The van der Waals surface area contributed by atoms with E-state index in [4.69, 9.17) is 39.5 Å². The fourth-order valence-electron chi connectivity index (χ4n) is 1.76. The zero-order valence-electron chi connectivity index (χ0n) is 13.2. The van der Waals surface area contributed by atoms with Crippen LogP contribution in [0.1, 0.15) is 20.8 Å². The molecule has 5 nitrogen and oxygen atoms in total. The molecule has 0 aromatic heterocycles. The Balaban J connectivity index is 2.63. The Morgan fingerprint density at radius 1 is 1.17 bits per heavy atom. The van der Waals surface area contributed by atoms with Crippen LogP contribution in [0.25, 0.3) is 0 Å². The highest BCUT2D eigenvalue weighted by atomic mass is 35.5. The van der Waals surface area contributed by atoms with Gasteiger partial charge in [-0.15, -0.1) is 0 Å². The molecule has 0 fully saturated rings. The summed E-state index contributed by atoms with van der Waals surface area (Å²) < 4.78 is 5.38. The Bertz CT molecular complexity index is 579. The standard InChI is InChI=1S/C15H19Cl3N2O3/c1-4-20(7-14(21)19-9(2)3)15(22)8-23-13-6-11(17)10(16)5-12(13)18/h5-6,9H,4,7-8H2,1-3H3,(H,19,21). The molecular formula is C15H19Cl3N2O3. The number of likely N-dealkylation sites (N-methyl/N-ethyl adjacent to an activating group) is 1. The smallest absolute Gasteiger partial charge is 0.260 e. The van der Waals surface area contributed by atoms with E-state index in [1.54, 1.807) is 6.92 Å². The lowest BCUT2D eigenvalue weighted by atomic mass is 10.3. The monoisotopic (exact) mass is 380 g/mol. The molecule has 8 heteroatoms.